The van der Waals surface area contributed by atoms with Crippen LogP contribution in [-0.4, -0.2) is 33.4 Å². The molecular weight excluding hydrogens is 296 g/mol. The van der Waals surface area contributed by atoms with E-state index in [0.29, 0.717) is 11.4 Å². The van der Waals surface area contributed by atoms with Crippen molar-refractivity contribution < 1.29 is 14.3 Å². The lowest BCUT2D eigenvalue weighted by Gasteiger charge is -2.06. The molecule has 2 heterocycles. The van der Waals surface area contributed by atoms with Gasteiger partial charge < -0.3 is 15.0 Å². The molecule has 3 aromatic rings. The standard InChI is InChI=1S/C16H14N4O3/c1-10-4-5-17-14(6-10)20-15(21)8-23-16(22)11-2-3-12-13(7-11)19-9-18-12/h2-7,9H,8H2,1H3,(H,18,19)(H,17,20,21). The van der Waals surface area contributed by atoms with E-state index >= 15 is 0 Å². The second-order valence-electron chi connectivity index (χ2n) is 4.98. The highest BCUT2D eigenvalue weighted by Gasteiger charge is 2.12. The average Bonchev–Trinajstić information content (AvgIpc) is 3.00. The molecule has 0 saturated heterocycles. The lowest BCUT2D eigenvalue weighted by atomic mass is 10.2. The first kappa shape index (κ1) is 14.7. The van der Waals surface area contributed by atoms with E-state index in [0.717, 1.165) is 16.6 Å². The summed E-state index contributed by atoms with van der Waals surface area (Å²) in [6.07, 6.45) is 3.14. The number of aromatic nitrogens is 3. The first-order valence-electron chi connectivity index (χ1n) is 6.94. The van der Waals surface area contributed by atoms with Crippen LogP contribution < -0.4 is 5.32 Å². The van der Waals surface area contributed by atoms with Gasteiger partial charge in [0, 0.05) is 6.20 Å². The number of fused-ring (bicyclic) bond motifs is 1. The van der Waals surface area contributed by atoms with Crippen molar-refractivity contribution in [3.63, 3.8) is 0 Å². The van der Waals surface area contributed by atoms with E-state index in [1.807, 2.05) is 13.0 Å². The number of imidazole rings is 1. The molecule has 116 valence electrons. The van der Waals surface area contributed by atoms with E-state index in [1.165, 1.54) is 0 Å². The Bertz CT molecular complexity index is 872. The van der Waals surface area contributed by atoms with Gasteiger partial charge in [-0.25, -0.2) is 14.8 Å². The number of ether oxygens (including phenoxy) is 1. The van der Waals surface area contributed by atoms with Crippen LogP contribution in [0.15, 0.2) is 42.9 Å². The van der Waals surface area contributed by atoms with Crippen LogP contribution in [0.4, 0.5) is 5.82 Å². The molecule has 0 aliphatic carbocycles. The summed E-state index contributed by atoms with van der Waals surface area (Å²) in [4.78, 5) is 34.7. The molecule has 2 N–H and O–H groups in total. The molecule has 0 fully saturated rings. The Balaban J connectivity index is 1.58. The van der Waals surface area contributed by atoms with Crippen LogP contribution in [0.25, 0.3) is 11.0 Å². The van der Waals surface area contributed by atoms with Crippen LogP contribution in [0.3, 0.4) is 0 Å². The molecule has 2 aromatic heterocycles. The van der Waals surface area contributed by atoms with Crippen molar-refractivity contribution in [3.8, 4) is 0 Å². The number of nitrogens with one attached hydrogen (secondary N) is 2. The van der Waals surface area contributed by atoms with Gasteiger partial charge in [-0.1, -0.05) is 0 Å². The monoisotopic (exact) mass is 310 g/mol. The summed E-state index contributed by atoms with van der Waals surface area (Å²) >= 11 is 0. The minimum absolute atomic E-state index is 0.350. The van der Waals surface area contributed by atoms with Gasteiger partial charge in [0.15, 0.2) is 6.61 Å². The van der Waals surface area contributed by atoms with Gasteiger partial charge in [-0.2, -0.15) is 0 Å². The van der Waals surface area contributed by atoms with Crippen molar-refractivity contribution in [2.45, 2.75) is 6.92 Å². The molecular formula is C16H14N4O3. The molecule has 7 heteroatoms. The van der Waals surface area contributed by atoms with Gasteiger partial charge in [0.05, 0.1) is 22.9 Å². The quantitative estimate of drug-likeness (QED) is 0.719. The van der Waals surface area contributed by atoms with Crippen LogP contribution in [0, 0.1) is 6.92 Å². The summed E-state index contributed by atoms with van der Waals surface area (Å²) in [5, 5.41) is 2.57. The second-order valence-corrected chi connectivity index (χ2v) is 4.98. The fourth-order valence-corrected chi connectivity index (χ4v) is 2.06. The smallest absolute Gasteiger partial charge is 0.338 e. The summed E-state index contributed by atoms with van der Waals surface area (Å²) in [7, 11) is 0. The van der Waals surface area contributed by atoms with Crippen molar-refractivity contribution in [1.29, 1.82) is 0 Å². The molecule has 23 heavy (non-hydrogen) atoms. The van der Waals surface area contributed by atoms with Crippen molar-refractivity contribution >= 4 is 28.7 Å². The number of carbonyl (C=O) groups is 2. The Hall–Kier alpha value is -3.22. The number of carbonyl (C=O) groups excluding carboxylic acids is 2. The summed E-state index contributed by atoms with van der Waals surface area (Å²) in [6.45, 7) is 1.51. The zero-order valence-corrected chi connectivity index (χ0v) is 12.4. The number of benzene rings is 1. The molecule has 0 aliphatic heterocycles. The minimum atomic E-state index is -0.575. The van der Waals surface area contributed by atoms with Crippen LogP contribution in [0.2, 0.25) is 0 Å². The maximum Gasteiger partial charge on any atom is 0.338 e. The number of esters is 1. The van der Waals surface area contributed by atoms with E-state index in [2.05, 4.69) is 20.3 Å². The predicted molar refractivity (Wildman–Crippen MR) is 84.0 cm³/mol. The Morgan fingerprint density at radius 3 is 2.91 bits per heavy atom. The Morgan fingerprint density at radius 1 is 1.22 bits per heavy atom. The number of anilines is 1. The Morgan fingerprint density at radius 2 is 2.09 bits per heavy atom. The van der Waals surface area contributed by atoms with E-state index in [1.54, 1.807) is 36.8 Å². The molecule has 1 aromatic carbocycles. The largest absolute Gasteiger partial charge is 0.452 e. The highest BCUT2D eigenvalue weighted by molar-refractivity contribution is 5.96. The van der Waals surface area contributed by atoms with Crippen LogP contribution in [0.1, 0.15) is 15.9 Å². The Kier molecular flexibility index (Phi) is 4.01. The topological polar surface area (TPSA) is 97.0 Å². The molecule has 0 spiro atoms. The number of nitrogens with zero attached hydrogens (tertiary/aromatic N) is 2. The van der Waals surface area contributed by atoms with Gasteiger partial charge in [-0.3, -0.25) is 4.79 Å². The van der Waals surface area contributed by atoms with Gasteiger partial charge in [0.25, 0.3) is 5.91 Å². The maximum atomic E-state index is 12.0. The molecule has 0 unspecified atom stereocenters. The number of hydrogen-bond donors (Lipinski definition) is 2. The molecule has 1 amide bonds. The van der Waals surface area contributed by atoms with Gasteiger partial charge in [-0.15, -0.1) is 0 Å². The third-order valence-corrected chi connectivity index (χ3v) is 3.17. The highest BCUT2D eigenvalue weighted by Crippen LogP contribution is 2.12. The average molecular weight is 310 g/mol. The molecule has 3 rings (SSSR count). The van der Waals surface area contributed by atoms with Gasteiger partial charge >= 0.3 is 5.97 Å². The number of pyridine rings is 1. The molecule has 0 bridgehead atoms. The zero-order chi connectivity index (χ0) is 16.2. The fourth-order valence-electron chi connectivity index (χ4n) is 2.06. The summed E-state index contributed by atoms with van der Waals surface area (Å²) in [5.41, 5.74) is 2.81. The van der Waals surface area contributed by atoms with Crippen LogP contribution in [0.5, 0.6) is 0 Å². The van der Waals surface area contributed by atoms with E-state index in [4.69, 9.17) is 4.74 Å². The normalized spacial score (nSPS) is 10.5. The molecule has 0 atom stereocenters. The number of aromatic amines is 1. The third kappa shape index (κ3) is 3.52. The third-order valence-electron chi connectivity index (χ3n) is 3.17. The second kappa shape index (κ2) is 6.27. The zero-order valence-electron chi connectivity index (χ0n) is 12.4. The van der Waals surface area contributed by atoms with Gasteiger partial charge in [0.1, 0.15) is 5.82 Å². The van der Waals surface area contributed by atoms with Crippen molar-refractivity contribution in [1.82, 2.24) is 15.0 Å². The number of H-pyrrole nitrogens is 1. The van der Waals surface area contributed by atoms with Crippen molar-refractivity contribution in [2.24, 2.45) is 0 Å². The van der Waals surface area contributed by atoms with E-state index in [9.17, 15) is 9.59 Å². The number of rotatable bonds is 4. The lowest BCUT2D eigenvalue weighted by Crippen LogP contribution is -2.21. The first-order chi connectivity index (χ1) is 11.1. The van der Waals surface area contributed by atoms with Crippen LogP contribution >= 0.6 is 0 Å². The van der Waals surface area contributed by atoms with Crippen LogP contribution in [-0.2, 0) is 9.53 Å². The SMILES string of the molecule is Cc1ccnc(NC(=O)COC(=O)c2ccc3nc[nH]c3c2)c1. The van der Waals surface area contributed by atoms with Gasteiger partial charge in [0.2, 0.25) is 0 Å². The first-order valence-corrected chi connectivity index (χ1v) is 6.94. The summed E-state index contributed by atoms with van der Waals surface area (Å²) < 4.78 is 5.00. The predicted octanol–water partition coefficient (Wildman–Crippen LogP) is 2.06. The molecule has 0 radical (unpaired) electrons. The summed E-state index contributed by atoms with van der Waals surface area (Å²) in [5.74, 6) is -0.599. The summed E-state index contributed by atoms with van der Waals surface area (Å²) in [6, 6.07) is 8.49. The lowest BCUT2D eigenvalue weighted by molar-refractivity contribution is -0.119. The Labute approximate surface area is 131 Å². The van der Waals surface area contributed by atoms with Crippen molar-refractivity contribution in [2.75, 3.05) is 11.9 Å². The van der Waals surface area contributed by atoms with Crippen molar-refractivity contribution in [3.05, 3.63) is 54.0 Å². The minimum Gasteiger partial charge on any atom is -0.452 e. The number of aryl methyl sites for hydroxylation is 1. The van der Waals surface area contributed by atoms with E-state index in [-0.39, 0.29) is 6.61 Å². The number of amides is 1. The molecule has 0 aliphatic rings. The fraction of sp³-hybridized carbons (Fsp3) is 0.125. The van der Waals surface area contributed by atoms with Gasteiger partial charge in [-0.05, 0) is 42.8 Å². The van der Waals surface area contributed by atoms with E-state index < -0.39 is 11.9 Å². The highest BCUT2D eigenvalue weighted by atomic mass is 16.5. The molecule has 0 saturated carbocycles. The molecule has 7 nitrogen and oxygen atoms in total. The number of hydrogen-bond acceptors (Lipinski definition) is 5. The maximum absolute atomic E-state index is 12.0.